The van der Waals surface area contributed by atoms with E-state index in [-0.39, 0.29) is 0 Å². The number of hydrogen-bond donors (Lipinski definition) is 1. The molecule has 4 heterocycles. The Hall–Kier alpha value is -3.98. The summed E-state index contributed by atoms with van der Waals surface area (Å²) >= 11 is 1.62. The number of aromatic nitrogens is 5. The van der Waals surface area contributed by atoms with Crippen molar-refractivity contribution in [2.75, 3.05) is 42.8 Å². The molecule has 202 valence electrons. The molecule has 5 rings (SSSR count). The number of benzene rings is 1. The topological polar surface area (TPSA) is 74.5 Å². The fraction of sp³-hybridized carbons (Fsp3) is 0.333. The molecule has 9 heteroatoms. The number of anilines is 3. The fourth-order valence-electron chi connectivity index (χ4n) is 4.88. The lowest BCUT2D eigenvalue weighted by molar-refractivity contribution is 0.728. The van der Waals surface area contributed by atoms with Gasteiger partial charge in [0.05, 0.1) is 17.0 Å². The van der Waals surface area contributed by atoms with Crippen molar-refractivity contribution < 1.29 is 0 Å². The van der Waals surface area contributed by atoms with E-state index in [0.29, 0.717) is 0 Å². The summed E-state index contributed by atoms with van der Waals surface area (Å²) in [6.07, 6.45) is 2.97. The second-order valence-corrected chi connectivity index (χ2v) is 11.0. The molecule has 0 saturated carbocycles. The monoisotopic (exact) mass is 540 g/mol. The van der Waals surface area contributed by atoms with Crippen LogP contribution in [-0.2, 0) is 6.54 Å². The molecule has 8 nitrogen and oxygen atoms in total. The van der Waals surface area contributed by atoms with Gasteiger partial charge in [0.25, 0.3) is 0 Å². The molecule has 0 aliphatic carbocycles. The first-order valence-electron chi connectivity index (χ1n) is 13.3. The van der Waals surface area contributed by atoms with E-state index < -0.39 is 0 Å². The van der Waals surface area contributed by atoms with Gasteiger partial charge >= 0.3 is 0 Å². The number of aryl methyl sites for hydroxylation is 3. The van der Waals surface area contributed by atoms with Crippen LogP contribution in [0.5, 0.6) is 0 Å². The molecular formula is C30H36N8S. The van der Waals surface area contributed by atoms with Gasteiger partial charge in [-0.25, -0.2) is 15.0 Å². The van der Waals surface area contributed by atoms with Gasteiger partial charge in [-0.3, -0.25) is 0 Å². The second-order valence-electron chi connectivity index (χ2n) is 10.1. The van der Waals surface area contributed by atoms with Gasteiger partial charge < -0.3 is 15.1 Å². The highest BCUT2D eigenvalue weighted by atomic mass is 32.1. The first-order valence-corrected chi connectivity index (χ1v) is 14.2. The predicted molar refractivity (Wildman–Crippen MR) is 163 cm³/mol. The number of nitrogens with zero attached hydrogens (tertiary/aromatic N) is 7. The molecule has 0 aliphatic heterocycles. The maximum atomic E-state index is 5.00. The quantitative estimate of drug-likeness (QED) is 0.233. The summed E-state index contributed by atoms with van der Waals surface area (Å²) in [4.78, 5) is 18.7. The van der Waals surface area contributed by atoms with Gasteiger partial charge in [0.15, 0.2) is 10.8 Å². The van der Waals surface area contributed by atoms with Crippen LogP contribution in [0.2, 0.25) is 0 Å². The highest BCUT2D eigenvalue weighted by molar-refractivity contribution is 7.14. The van der Waals surface area contributed by atoms with E-state index in [1.807, 2.05) is 36.8 Å². The normalized spacial score (nSPS) is 11.3. The third kappa shape index (κ3) is 5.31. The summed E-state index contributed by atoms with van der Waals surface area (Å²) in [5.74, 6) is 1.99. The molecule has 0 bridgehead atoms. The van der Waals surface area contributed by atoms with E-state index in [1.165, 1.54) is 5.56 Å². The Labute approximate surface area is 234 Å². The third-order valence-electron chi connectivity index (χ3n) is 6.86. The minimum absolute atomic E-state index is 0.776. The molecule has 0 saturated heterocycles. The van der Waals surface area contributed by atoms with Crippen LogP contribution in [0.3, 0.4) is 0 Å². The SMILES string of the molecule is CCCN(Cc1ccc(-c2csc(NC)n2)cc1)c1cc(C)nc2c(-c3cnc(N(C)C)cc3C)c(C)nn12. The highest BCUT2D eigenvalue weighted by Gasteiger charge is 2.21. The third-order valence-corrected chi connectivity index (χ3v) is 7.72. The van der Waals surface area contributed by atoms with Crippen molar-refractivity contribution in [1.29, 1.82) is 0 Å². The zero-order valence-corrected chi connectivity index (χ0v) is 24.6. The van der Waals surface area contributed by atoms with Crippen molar-refractivity contribution in [3.8, 4) is 22.4 Å². The van der Waals surface area contributed by atoms with E-state index in [0.717, 1.165) is 81.3 Å². The van der Waals surface area contributed by atoms with Gasteiger partial charge in [0.2, 0.25) is 0 Å². The Morgan fingerprint density at radius 3 is 2.44 bits per heavy atom. The first kappa shape index (κ1) is 26.6. The predicted octanol–water partition coefficient (Wildman–Crippen LogP) is 6.36. The molecule has 0 atom stereocenters. The van der Waals surface area contributed by atoms with Crippen LogP contribution in [0.4, 0.5) is 16.8 Å². The lowest BCUT2D eigenvalue weighted by Gasteiger charge is -2.25. The lowest BCUT2D eigenvalue weighted by atomic mass is 10.0. The summed E-state index contributed by atoms with van der Waals surface area (Å²) < 4.78 is 2.01. The van der Waals surface area contributed by atoms with Gasteiger partial charge in [0, 0.05) is 68.7 Å². The molecule has 39 heavy (non-hydrogen) atoms. The summed E-state index contributed by atoms with van der Waals surface area (Å²) in [5, 5.41) is 11.1. The maximum Gasteiger partial charge on any atom is 0.182 e. The molecule has 0 unspecified atom stereocenters. The lowest BCUT2D eigenvalue weighted by Crippen LogP contribution is -2.26. The molecule has 0 radical (unpaired) electrons. The van der Waals surface area contributed by atoms with Crippen molar-refractivity contribution >= 4 is 33.8 Å². The van der Waals surface area contributed by atoms with Crippen LogP contribution in [0.15, 0.2) is 48.0 Å². The molecule has 1 aromatic carbocycles. The Morgan fingerprint density at radius 2 is 1.79 bits per heavy atom. The largest absolute Gasteiger partial charge is 0.365 e. The van der Waals surface area contributed by atoms with Crippen LogP contribution in [-0.4, -0.2) is 52.3 Å². The Morgan fingerprint density at radius 1 is 1.03 bits per heavy atom. The molecule has 4 aromatic heterocycles. The number of thiazole rings is 1. The zero-order valence-electron chi connectivity index (χ0n) is 23.8. The number of pyridine rings is 1. The second kappa shape index (κ2) is 11.0. The minimum atomic E-state index is 0.776. The van der Waals surface area contributed by atoms with Crippen molar-refractivity contribution in [2.24, 2.45) is 0 Å². The Balaban J connectivity index is 1.52. The van der Waals surface area contributed by atoms with Crippen molar-refractivity contribution in [3.63, 3.8) is 0 Å². The van der Waals surface area contributed by atoms with Gasteiger partial charge in [-0.1, -0.05) is 31.2 Å². The minimum Gasteiger partial charge on any atom is -0.365 e. The van der Waals surface area contributed by atoms with E-state index in [1.54, 1.807) is 11.3 Å². The van der Waals surface area contributed by atoms with Crippen LogP contribution < -0.4 is 15.1 Å². The summed E-state index contributed by atoms with van der Waals surface area (Å²) in [7, 11) is 5.91. The molecule has 5 aromatic rings. The van der Waals surface area contributed by atoms with E-state index in [4.69, 9.17) is 10.1 Å². The molecule has 0 fully saturated rings. The van der Waals surface area contributed by atoms with Crippen LogP contribution in [0.25, 0.3) is 28.0 Å². The molecule has 0 amide bonds. The highest BCUT2D eigenvalue weighted by Crippen LogP contribution is 2.33. The van der Waals surface area contributed by atoms with E-state index in [2.05, 4.69) is 89.7 Å². The van der Waals surface area contributed by atoms with E-state index in [9.17, 15) is 0 Å². The van der Waals surface area contributed by atoms with Gasteiger partial charge in [-0.2, -0.15) is 9.61 Å². The number of fused-ring (bicyclic) bond motifs is 1. The Bertz CT molecular complexity index is 1600. The van der Waals surface area contributed by atoms with Crippen molar-refractivity contribution in [2.45, 2.75) is 40.7 Å². The van der Waals surface area contributed by atoms with Crippen LogP contribution >= 0.6 is 11.3 Å². The molecule has 0 spiro atoms. The zero-order chi connectivity index (χ0) is 27.7. The summed E-state index contributed by atoms with van der Waals surface area (Å²) in [5.41, 5.74) is 9.40. The van der Waals surface area contributed by atoms with Gasteiger partial charge in [-0.05, 0) is 44.4 Å². The van der Waals surface area contributed by atoms with Gasteiger partial charge in [0.1, 0.15) is 11.6 Å². The fourth-order valence-corrected chi connectivity index (χ4v) is 5.56. The van der Waals surface area contributed by atoms with E-state index >= 15 is 0 Å². The Kier molecular flexibility index (Phi) is 7.52. The number of nitrogens with one attached hydrogen (secondary N) is 1. The summed E-state index contributed by atoms with van der Waals surface area (Å²) in [6.45, 7) is 10.1. The summed E-state index contributed by atoms with van der Waals surface area (Å²) in [6, 6.07) is 13.0. The number of rotatable bonds is 9. The van der Waals surface area contributed by atoms with Crippen molar-refractivity contribution in [1.82, 2.24) is 24.6 Å². The maximum absolute atomic E-state index is 5.00. The van der Waals surface area contributed by atoms with Crippen LogP contribution in [0.1, 0.15) is 35.9 Å². The van der Waals surface area contributed by atoms with Gasteiger partial charge in [-0.15, -0.1) is 11.3 Å². The first-order chi connectivity index (χ1) is 18.8. The standard InChI is InChI=1S/C30H36N8S/c1-8-13-37(17-22-9-11-23(12-10-22)25-18-39-30(31-5)34-25)27-15-20(3)33-29-28(21(4)35-38(27)29)24-16-32-26(36(6)7)14-19(24)2/h9-12,14-16,18H,8,13,17H2,1-7H3,(H,31,34). The average Bonchev–Trinajstić information content (AvgIpc) is 3.52. The van der Waals surface area contributed by atoms with Crippen LogP contribution in [0, 0.1) is 20.8 Å². The number of hydrogen-bond acceptors (Lipinski definition) is 8. The van der Waals surface area contributed by atoms with Crippen molar-refractivity contribution in [3.05, 3.63) is 70.5 Å². The average molecular weight is 541 g/mol. The smallest absolute Gasteiger partial charge is 0.182 e. The molecule has 0 aliphatic rings. The molecule has 1 N–H and O–H groups in total. The molecular weight excluding hydrogens is 504 g/mol.